The van der Waals surface area contributed by atoms with Gasteiger partial charge < -0.3 is 20.2 Å². The first-order valence-corrected chi connectivity index (χ1v) is 11.7. The summed E-state index contributed by atoms with van der Waals surface area (Å²) in [5, 5.41) is 13.2. The van der Waals surface area contributed by atoms with Crippen molar-refractivity contribution in [2.75, 3.05) is 13.1 Å². The Morgan fingerprint density at radius 2 is 1.71 bits per heavy atom. The Balaban J connectivity index is 1.67. The second-order valence-corrected chi connectivity index (χ2v) is 10.5. The van der Waals surface area contributed by atoms with Gasteiger partial charge in [0.15, 0.2) is 0 Å². The van der Waals surface area contributed by atoms with E-state index < -0.39 is 11.5 Å². The predicted octanol–water partition coefficient (Wildman–Crippen LogP) is 4.35. The van der Waals surface area contributed by atoms with E-state index in [-0.39, 0.29) is 18.0 Å². The molecule has 1 aromatic carbocycles. The average Bonchev–Trinajstić information content (AvgIpc) is 3.17. The standard InChI is InChI=1S/C25H39N3O3/c1-18-10-12-21(13-11-18)28(23(29)25(2,3)4)22-14-20(26-15-22)17-27(24(30)31)16-19-8-6-5-7-9-19/h5-9,18,20-22,26H,10-17H2,1-4H3,(H,30,31)/t18?,20-,21?,22-/m0/s1. The van der Waals surface area contributed by atoms with E-state index in [0.717, 1.165) is 37.3 Å². The number of rotatable bonds is 6. The van der Waals surface area contributed by atoms with Gasteiger partial charge in [0.1, 0.15) is 0 Å². The Labute approximate surface area is 187 Å². The molecule has 2 fully saturated rings. The molecule has 1 heterocycles. The van der Waals surface area contributed by atoms with E-state index >= 15 is 0 Å². The van der Waals surface area contributed by atoms with Gasteiger partial charge in [-0.15, -0.1) is 0 Å². The first kappa shape index (κ1) is 23.6. The maximum absolute atomic E-state index is 13.4. The molecule has 0 radical (unpaired) electrons. The average molecular weight is 430 g/mol. The number of carbonyl (C=O) groups excluding carboxylic acids is 1. The van der Waals surface area contributed by atoms with Crippen molar-refractivity contribution < 1.29 is 14.7 Å². The summed E-state index contributed by atoms with van der Waals surface area (Å²) in [6.07, 6.45) is 4.38. The van der Waals surface area contributed by atoms with Crippen molar-refractivity contribution in [3.8, 4) is 0 Å². The molecule has 0 unspecified atom stereocenters. The fourth-order valence-corrected chi connectivity index (χ4v) is 4.97. The van der Waals surface area contributed by atoms with Crippen LogP contribution in [0.1, 0.15) is 65.4 Å². The zero-order valence-corrected chi connectivity index (χ0v) is 19.5. The summed E-state index contributed by atoms with van der Waals surface area (Å²) < 4.78 is 0. The first-order valence-electron chi connectivity index (χ1n) is 11.7. The van der Waals surface area contributed by atoms with Gasteiger partial charge in [0, 0.05) is 43.2 Å². The number of hydrogen-bond acceptors (Lipinski definition) is 3. The summed E-state index contributed by atoms with van der Waals surface area (Å²) in [6.45, 7) is 9.84. The molecule has 31 heavy (non-hydrogen) atoms. The minimum absolute atomic E-state index is 0.0580. The Hall–Kier alpha value is -2.08. The fourth-order valence-electron chi connectivity index (χ4n) is 4.97. The maximum Gasteiger partial charge on any atom is 0.407 e. The van der Waals surface area contributed by atoms with E-state index in [1.165, 1.54) is 17.7 Å². The molecule has 1 aromatic rings. The van der Waals surface area contributed by atoms with Gasteiger partial charge in [-0.1, -0.05) is 58.0 Å². The third-order valence-corrected chi connectivity index (χ3v) is 6.77. The highest BCUT2D eigenvalue weighted by Crippen LogP contribution is 2.33. The van der Waals surface area contributed by atoms with Gasteiger partial charge in [0.05, 0.1) is 0 Å². The van der Waals surface area contributed by atoms with Crippen LogP contribution in [-0.2, 0) is 11.3 Å². The Morgan fingerprint density at radius 3 is 2.29 bits per heavy atom. The molecule has 2 atom stereocenters. The van der Waals surface area contributed by atoms with Crippen LogP contribution in [-0.4, -0.2) is 58.1 Å². The molecular formula is C25H39N3O3. The monoisotopic (exact) mass is 429 g/mol. The van der Waals surface area contributed by atoms with Crippen LogP contribution in [0.2, 0.25) is 0 Å². The van der Waals surface area contributed by atoms with Crippen LogP contribution >= 0.6 is 0 Å². The van der Waals surface area contributed by atoms with Crippen LogP contribution in [0.15, 0.2) is 30.3 Å². The van der Waals surface area contributed by atoms with Gasteiger partial charge in [0.25, 0.3) is 0 Å². The van der Waals surface area contributed by atoms with Crippen LogP contribution in [0, 0.1) is 11.3 Å². The second-order valence-electron chi connectivity index (χ2n) is 10.5. The van der Waals surface area contributed by atoms with Crippen LogP contribution in [0.4, 0.5) is 4.79 Å². The summed E-state index contributed by atoms with van der Waals surface area (Å²) in [7, 11) is 0. The van der Waals surface area contributed by atoms with Crippen LogP contribution in [0.25, 0.3) is 0 Å². The number of amides is 2. The number of nitrogens with zero attached hydrogens (tertiary/aromatic N) is 2. The molecule has 0 bridgehead atoms. The van der Waals surface area contributed by atoms with Crippen molar-refractivity contribution >= 4 is 12.0 Å². The zero-order chi connectivity index (χ0) is 22.6. The quantitative estimate of drug-likeness (QED) is 0.705. The lowest BCUT2D eigenvalue weighted by Crippen LogP contribution is -2.53. The van der Waals surface area contributed by atoms with Gasteiger partial charge in [0.2, 0.25) is 5.91 Å². The lowest BCUT2D eigenvalue weighted by atomic mass is 9.84. The number of carboxylic acid groups (broad SMARTS) is 1. The summed E-state index contributed by atoms with van der Waals surface area (Å²) >= 11 is 0. The van der Waals surface area contributed by atoms with E-state index in [9.17, 15) is 14.7 Å². The maximum atomic E-state index is 13.4. The first-order chi connectivity index (χ1) is 14.6. The Kier molecular flexibility index (Phi) is 7.63. The summed E-state index contributed by atoms with van der Waals surface area (Å²) in [4.78, 5) is 28.9. The van der Waals surface area contributed by atoms with E-state index in [0.29, 0.717) is 19.1 Å². The fraction of sp³-hybridized carbons (Fsp3) is 0.680. The van der Waals surface area contributed by atoms with E-state index in [1.807, 2.05) is 51.1 Å². The minimum Gasteiger partial charge on any atom is -0.465 e. The predicted molar refractivity (Wildman–Crippen MR) is 123 cm³/mol. The van der Waals surface area contributed by atoms with Crippen LogP contribution in [0.5, 0.6) is 0 Å². The van der Waals surface area contributed by atoms with Crippen molar-refractivity contribution in [2.24, 2.45) is 11.3 Å². The normalized spacial score (nSPS) is 26.5. The van der Waals surface area contributed by atoms with Gasteiger partial charge in [-0.2, -0.15) is 0 Å². The topological polar surface area (TPSA) is 72.9 Å². The molecule has 6 heteroatoms. The van der Waals surface area contributed by atoms with Gasteiger partial charge >= 0.3 is 6.09 Å². The second kappa shape index (κ2) is 10.0. The van der Waals surface area contributed by atoms with Crippen molar-refractivity contribution in [1.82, 2.24) is 15.1 Å². The third kappa shape index (κ3) is 6.22. The largest absolute Gasteiger partial charge is 0.465 e. The molecule has 1 aliphatic heterocycles. The van der Waals surface area contributed by atoms with Crippen molar-refractivity contribution in [1.29, 1.82) is 0 Å². The smallest absolute Gasteiger partial charge is 0.407 e. The molecule has 3 rings (SSSR count). The van der Waals surface area contributed by atoms with Crippen molar-refractivity contribution in [2.45, 2.75) is 84.5 Å². The lowest BCUT2D eigenvalue weighted by Gasteiger charge is -2.42. The third-order valence-electron chi connectivity index (χ3n) is 6.77. The van der Waals surface area contributed by atoms with Gasteiger partial charge in [-0.25, -0.2) is 4.79 Å². The molecule has 2 amide bonds. The highest BCUT2D eigenvalue weighted by atomic mass is 16.4. The highest BCUT2D eigenvalue weighted by molar-refractivity contribution is 5.82. The van der Waals surface area contributed by atoms with Crippen molar-refractivity contribution in [3.05, 3.63) is 35.9 Å². The molecular weight excluding hydrogens is 390 g/mol. The molecule has 172 valence electrons. The summed E-state index contributed by atoms with van der Waals surface area (Å²) in [6, 6.07) is 10.2. The molecule has 2 aliphatic rings. The molecule has 1 aliphatic carbocycles. The SMILES string of the molecule is CC1CCC(N(C(=O)C(C)(C)C)[C@@H]2CN[C@H](CN(Cc3ccccc3)C(=O)O)C2)CC1. The van der Waals surface area contributed by atoms with E-state index in [2.05, 4.69) is 17.1 Å². The van der Waals surface area contributed by atoms with Crippen LogP contribution < -0.4 is 5.32 Å². The number of carbonyl (C=O) groups is 2. The Bertz CT molecular complexity index is 738. The van der Waals surface area contributed by atoms with Gasteiger partial charge in [-0.3, -0.25) is 4.79 Å². The number of nitrogens with one attached hydrogen (secondary N) is 1. The molecule has 0 spiro atoms. The minimum atomic E-state index is -0.905. The number of hydrogen-bond donors (Lipinski definition) is 2. The molecule has 2 N–H and O–H groups in total. The van der Waals surface area contributed by atoms with Crippen LogP contribution in [0.3, 0.4) is 0 Å². The molecule has 0 aromatic heterocycles. The summed E-state index contributed by atoms with van der Waals surface area (Å²) in [5.74, 6) is 0.957. The molecule has 6 nitrogen and oxygen atoms in total. The Morgan fingerprint density at radius 1 is 1.06 bits per heavy atom. The highest BCUT2D eigenvalue weighted by Gasteiger charge is 2.41. The van der Waals surface area contributed by atoms with Gasteiger partial charge in [-0.05, 0) is 43.6 Å². The van der Waals surface area contributed by atoms with E-state index in [1.54, 1.807) is 0 Å². The lowest BCUT2D eigenvalue weighted by molar-refractivity contribution is -0.145. The summed E-state index contributed by atoms with van der Waals surface area (Å²) in [5.41, 5.74) is 0.571. The zero-order valence-electron chi connectivity index (χ0n) is 19.5. The molecule has 1 saturated carbocycles. The van der Waals surface area contributed by atoms with E-state index in [4.69, 9.17) is 0 Å². The number of benzene rings is 1. The van der Waals surface area contributed by atoms with Crippen molar-refractivity contribution in [3.63, 3.8) is 0 Å². The molecule has 1 saturated heterocycles.